The number of hydrogen-bond acceptors (Lipinski definition) is 4. The van der Waals surface area contributed by atoms with E-state index in [4.69, 9.17) is 11.1 Å². The van der Waals surface area contributed by atoms with Gasteiger partial charge in [-0.15, -0.1) is 0 Å². The van der Waals surface area contributed by atoms with Gasteiger partial charge in [0, 0.05) is 29.8 Å². The maximum absolute atomic E-state index is 13.1. The highest BCUT2D eigenvalue weighted by molar-refractivity contribution is 6.30. The third-order valence-electron chi connectivity index (χ3n) is 5.86. The average molecular weight is 416 g/mol. The largest absolute Gasteiger partial charge is 0.384 e. The minimum absolute atomic E-state index is 0.00340. The zero-order valence-electron chi connectivity index (χ0n) is 17.4. The molecule has 2 aromatic rings. The van der Waals surface area contributed by atoms with E-state index in [0.717, 1.165) is 36.4 Å². The molecule has 2 heterocycles. The summed E-state index contributed by atoms with van der Waals surface area (Å²) in [7, 11) is 0. The van der Waals surface area contributed by atoms with Crippen molar-refractivity contribution < 1.29 is 14.4 Å². The molecule has 2 aliphatic heterocycles. The Labute approximate surface area is 180 Å². The van der Waals surface area contributed by atoms with Crippen LogP contribution in [-0.4, -0.2) is 41.5 Å². The van der Waals surface area contributed by atoms with Crippen LogP contribution in [0.25, 0.3) is 5.57 Å². The molecular formula is C24H24N4O3. The van der Waals surface area contributed by atoms with Gasteiger partial charge in [0.15, 0.2) is 0 Å². The normalized spacial score (nSPS) is 18.0. The first kappa shape index (κ1) is 20.5. The lowest BCUT2D eigenvalue weighted by Gasteiger charge is -2.17. The van der Waals surface area contributed by atoms with Gasteiger partial charge >= 0.3 is 0 Å². The monoisotopic (exact) mass is 416 g/mol. The number of hydrogen-bond donors (Lipinski definition) is 2. The van der Waals surface area contributed by atoms with Gasteiger partial charge in [-0.1, -0.05) is 18.2 Å². The van der Waals surface area contributed by atoms with Crippen molar-refractivity contribution in [3.05, 3.63) is 70.8 Å². The van der Waals surface area contributed by atoms with E-state index in [9.17, 15) is 14.4 Å². The molecule has 0 spiro atoms. The Morgan fingerprint density at radius 1 is 0.968 bits per heavy atom. The summed E-state index contributed by atoms with van der Waals surface area (Å²) in [6, 6.07) is 13.7. The van der Waals surface area contributed by atoms with Crippen molar-refractivity contribution in [1.29, 1.82) is 5.41 Å². The highest BCUT2D eigenvalue weighted by atomic mass is 16.2. The number of likely N-dealkylation sites (tertiary alicyclic amines) is 1. The fourth-order valence-electron chi connectivity index (χ4n) is 4.06. The number of nitrogens with zero attached hydrogens (tertiary/aromatic N) is 2. The second-order valence-electron chi connectivity index (χ2n) is 7.86. The number of allylic oxidation sites excluding steroid dienone is 1. The quantitative estimate of drug-likeness (QED) is 0.346. The predicted octanol–water partition coefficient (Wildman–Crippen LogP) is 2.94. The van der Waals surface area contributed by atoms with Crippen LogP contribution in [0.4, 0.5) is 5.69 Å². The van der Waals surface area contributed by atoms with Gasteiger partial charge in [0.05, 0.1) is 12.1 Å². The van der Waals surface area contributed by atoms with Crippen LogP contribution in [0.3, 0.4) is 0 Å². The Kier molecular flexibility index (Phi) is 5.42. The molecule has 2 aliphatic rings. The molecule has 0 atom stereocenters. The topological polar surface area (TPSA) is 108 Å². The minimum Gasteiger partial charge on any atom is -0.384 e. The molecule has 3 N–H and O–H groups in total. The summed E-state index contributed by atoms with van der Waals surface area (Å²) in [5.74, 6) is -0.751. The van der Waals surface area contributed by atoms with E-state index in [1.807, 2.05) is 11.0 Å². The lowest BCUT2D eigenvalue weighted by Crippen LogP contribution is -2.30. The molecule has 0 unspecified atom stereocenters. The van der Waals surface area contributed by atoms with Crippen LogP contribution in [0.2, 0.25) is 0 Å². The molecule has 4 rings (SSSR count). The van der Waals surface area contributed by atoms with Crippen LogP contribution in [0.1, 0.15) is 47.7 Å². The summed E-state index contributed by atoms with van der Waals surface area (Å²) in [4.78, 5) is 41.3. The SMILES string of the molecule is C/C(=C1\CC(=O)N(c2ccc(C(=O)N3CCCC3)cc2)C1=O)c1cccc(C(=N)N)c1. The van der Waals surface area contributed by atoms with Crippen LogP contribution in [-0.2, 0) is 9.59 Å². The van der Waals surface area contributed by atoms with Gasteiger partial charge in [-0.3, -0.25) is 19.8 Å². The van der Waals surface area contributed by atoms with Gasteiger partial charge in [0.2, 0.25) is 5.91 Å². The number of amidine groups is 1. The lowest BCUT2D eigenvalue weighted by molar-refractivity contribution is -0.120. The molecule has 2 fully saturated rings. The first-order chi connectivity index (χ1) is 14.9. The van der Waals surface area contributed by atoms with Gasteiger partial charge in [-0.25, -0.2) is 4.90 Å². The third-order valence-corrected chi connectivity index (χ3v) is 5.86. The number of nitrogen functional groups attached to an aromatic ring is 1. The van der Waals surface area contributed by atoms with Gasteiger partial charge < -0.3 is 10.6 Å². The Bertz CT molecular complexity index is 1110. The molecule has 2 aromatic carbocycles. The highest BCUT2D eigenvalue weighted by Gasteiger charge is 2.36. The van der Waals surface area contributed by atoms with Gasteiger partial charge in [0.1, 0.15) is 5.84 Å². The Morgan fingerprint density at radius 2 is 1.61 bits per heavy atom. The standard InChI is InChI=1S/C24H24N4O3/c1-15(17-5-4-6-18(13-17)22(25)26)20-14-21(29)28(24(20)31)19-9-7-16(8-10-19)23(30)27-11-2-3-12-27/h4-10,13H,2-3,11-12,14H2,1H3,(H3,25,26)/b20-15-. The smallest absolute Gasteiger partial charge is 0.261 e. The Hall–Kier alpha value is -3.74. The van der Waals surface area contributed by atoms with E-state index >= 15 is 0 Å². The molecule has 7 heteroatoms. The summed E-state index contributed by atoms with van der Waals surface area (Å²) >= 11 is 0. The number of rotatable bonds is 4. The summed E-state index contributed by atoms with van der Waals surface area (Å²) in [5.41, 5.74) is 8.98. The fraction of sp³-hybridized carbons (Fsp3) is 0.250. The van der Waals surface area contributed by atoms with Crippen molar-refractivity contribution in [1.82, 2.24) is 4.90 Å². The summed E-state index contributed by atoms with van der Waals surface area (Å²) < 4.78 is 0. The number of benzene rings is 2. The molecule has 2 saturated heterocycles. The van der Waals surface area contributed by atoms with E-state index < -0.39 is 0 Å². The zero-order valence-corrected chi connectivity index (χ0v) is 17.4. The van der Waals surface area contributed by atoms with Crippen LogP contribution in [0.5, 0.6) is 0 Å². The zero-order chi connectivity index (χ0) is 22.1. The van der Waals surface area contributed by atoms with E-state index in [0.29, 0.717) is 28.0 Å². The van der Waals surface area contributed by atoms with Crippen molar-refractivity contribution in [3.8, 4) is 0 Å². The molecule has 0 aliphatic carbocycles. The van der Waals surface area contributed by atoms with Gasteiger partial charge in [0.25, 0.3) is 11.8 Å². The maximum atomic E-state index is 13.1. The highest BCUT2D eigenvalue weighted by Crippen LogP contribution is 2.32. The molecule has 3 amide bonds. The number of nitrogens with two attached hydrogens (primary N) is 1. The lowest BCUT2D eigenvalue weighted by atomic mass is 9.98. The Balaban J connectivity index is 1.59. The molecule has 158 valence electrons. The van der Waals surface area contributed by atoms with Crippen molar-refractivity contribution in [2.75, 3.05) is 18.0 Å². The number of carbonyl (C=O) groups is 3. The van der Waals surface area contributed by atoms with Gasteiger partial charge in [-0.2, -0.15) is 0 Å². The van der Waals surface area contributed by atoms with E-state index in [-0.39, 0.29) is 30.0 Å². The number of amides is 3. The van der Waals surface area contributed by atoms with Crippen LogP contribution in [0.15, 0.2) is 54.1 Å². The number of imide groups is 1. The van der Waals surface area contributed by atoms with Crippen molar-refractivity contribution in [2.24, 2.45) is 5.73 Å². The van der Waals surface area contributed by atoms with Gasteiger partial charge in [-0.05, 0) is 61.2 Å². The number of nitrogens with one attached hydrogen (secondary N) is 1. The van der Waals surface area contributed by atoms with Crippen molar-refractivity contribution in [3.63, 3.8) is 0 Å². The third kappa shape index (κ3) is 3.86. The molecule has 31 heavy (non-hydrogen) atoms. The first-order valence-electron chi connectivity index (χ1n) is 10.3. The maximum Gasteiger partial charge on any atom is 0.261 e. The predicted molar refractivity (Wildman–Crippen MR) is 119 cm³/mol. The van der Waals surface area contributed by atoms with Crippen molar-refractivity contribution >= 4 is 34.8 Å². The molecule has 0 saturated carbocycles. The molecule has 7 nitrogen and oxygen atoms in total. The first-order valence-corrected chi connectivity index (χ1v) is 10.3. The van der Waals surface area contributed by atoms with E-state index in [1.165, 1.54) is 0 Å². The molecule has 0 radical (unpaired) electrons. The number of carbonyl (C=O) groups excluding carboxylic acids is 3. The molecule has 0 aromatic heterocycles. The summed E-state index contributed by atoms with van der Waals surface area (Å²) in [6.07, 6.45) is 2.04. The summed E-state index contributed by atoms with van der Waals surface area (Å²) in [5, 5.41) is 7.61. The second kappa shape index (κ2) is 8.18. The molecular weight excluding hydrogens is 392 g/mol. The van der Waals surface area contributed by atoms with Crippen LogP contribution >= 0.6 is 0 Å². The van der Waals surface area contributed by atoms with E-state index in [2.05, 4.69) is 0 Å². The fourth-order valence-corrected chi connectivity index (χ4v) is 4.06. The Morgan fingerprint density at radius 3 is 2.26 bits per heavy atom. The summed E-state index contributed by atoms with van der Waals surface area (Å²) in [6.45, 7) is 3.32. The minimum atomic E-state index is -0.366. The van der Waals surface area contributed by atoms with Crippen molar-refractivity contribution in [2.45, 2.75) is 26.2 Å². The second-order valence-corrected chi connectivity index (χ2v) is 7.86. The number of anilines is 1. The molecule has 0 bridgehead atoms. The van der Waals surface area contributed by atoms with Crippen LogP contribution in [0, 0.1) is 5.41 Å². The average Bonchev–Trinajstić information content (AvgIpc) is 3.41. The van der Waals surface area contributed by atoms with E-state index in [1.54, 1.807) is 49.4 Å². The van der Waals surface area contributed by atoms with Crippen LogP contribution < -0.4 is 10.6 Å².